The summed E-state index contributed by atoms with van der Waals surface area (Å²) in [5.41, 5.74) is 0.107. The fourth-order valence-electron chi connectivity index (χ4n) is 2.85. The first-order valence-electron chi connectivity index (χ1n) is 8.81. The highest BCUT2D eigenvalue weighted by Crippen LogP contribution is 2.31. The molecule has 0 aliphatic rings. The summed E-state index contributed by atoms with van der Waals surface area (Å²) in [4.78, 5) is 7.95. The SMILES string of the molecule is COc1ccc(Oc2ncccc2NS(=O)(=O)c2ccc(F)c3ncccc23)cc1. The number of aromatic nitrogens is 2. The molecule has 0 saturated heterocycles. The van der Waals surface area contributed by atoms with E-state index in [0.717, 1.165) is 6.07 Å². The van der Waals surface area contributed by atoms with Crippen LogP contribution >= 0.6 is 0 Å². The van der Waals surface area contributed by atoms with Crippen LogP contribution in [-0.2, 0) is 10.0 Å². The molecule has 1 N–H and O–H groups in total. The second-order valence-electron chi connectivity index (χ2n) is 6.18. The summed E-state index contributed by atoms with van der Waals surface area (Å²) >= 11 is 0. The van der Waals surface area contributed by atoms with Crippen molar-refractivity contribution in [2.75, 3.05) is 11.8 Å². The number of rotatable bonds is 6. The molecule has 4 rings (SSSR count). The molecule has 2 aromatic carbocycles. The minimum absolute atomic E-state index is 0.0266. The zero-order valence-corrected chi connectivity index (χ0v) is 16.6. The van der Waals surface area contributed by atoms with Gasteiger partial charge in [-0.05, 0) is 60.7 Å². The van der Waals surface area contributed by atoms with Crippen molar-refractivity contribution in [1.29, 1.82) is 0 Å². The van der Waals surface area contributed by atoms with Gasteiger partial charge in [-0.15, -0.1) is 0 Å². The second kappa shape index (κ2) is 7.96. The topological polar surface area (TPSA) is 90.4 Å². The van der Waals surface area contributed by atoms with Gasteiger partial charge in [0.1, 0.15) is 28.5 Å². The maximum atomic E-state index is 14.0. The van der Waals surface area contributed by atoms with Crippen molar-refractivity contribution < 1.29 is 22.3 Å². The normalized spacial score (nSPS) is 11.3. The van der Waals surface area contributed by atoms with Crippen LogP contribution in [0.15, 0.2) is 78.0 Å². The quantitative estimate of drug-likeness (QED) is 0.493. The zero-order chi connectivity index (χ0) is 21.1. The Labute approximate surface area is 172 Å². The number of benzene rings is 2. The molecule has 0 amide bonds. The molecule has 0 atom stereocenters. The summed E-state index contributed by atoms with van der Waals surface area (Å²) in [7, 11) is -2.53. The smallest absolute Gasteiger partial charge is 0.262 e. The summed E-state index contributed by atoms with van der Waals surface area (Å²) < 4.78 is 53.4. The van der Waals surface area contributed by atoms with Gasteiger partial charge >= 0.3 is 0 Å². The summed E-state index contributed by atoms with van der Waals surface area (Å²) in [6, 6.07) is 15.2. The molecule has 0 saturated carbocycles. The monoisotopic (exact) mass is 425 g/mol. The average molecular weight is 425 g/mol. The molecule has 9 heteroatoms. The van der Waals surface area contributed by atoms with Gasteiger partial charge in [0.15, 0.2) is 0 Å². The van der Waals surface area contributed by atoms with Gasteiger partial charge < -0.3 is 9.47 Å². The largest absolute Gasteiger partial charge is 0.497 e. The molecule has 0 aliphatic carbocycles. The minimum atomic E-state index is -4.08. The molecule has 0 radical (unpaired) electrons. The van der Waals surface area contributed by atoms with E-state index in [0.29, 0.717) is 11.5 Å². The number of ether oxygens (including phenoxy) is 2. The number of fused-ring (bicyclic) bond motifs is 1. The van der Waals surface area contributed by atoms with Gasteiger partial charge in [0, 0.05) is 17.8 Å². The van der Waals surface area contributed by atoms with Crippen molar-refractivity contribution in [2.45, 2.75) is 4.90 Å². The molecule has 0 spiro atoms. The lowest BCUT2D eigenvalue weighted by molar-refractivity contribution is 0.412. The van der Waals surface area contributed by atoms with Gasteiger partial charge in [-0.25, -0.2) is 17.8 Å². The van der Waals surface area contributed by atoms with Gasteiger partial charge in [-0.3, -0.25) is 9.71 Å². The third-order valence-corrected chi connectivity index (χ3v) is 5.68. The molecular formula is C21H16FN3O4S. The number of hydrogen-bond donors (Lipinski definition) is 1. The molecule has 7 nitrogen and oxygen atoms in total. The van der Waals surface area contributed by atoms with Gasteiger partial charge in [-0.2, -0.15) is 0 Å². The van der Waals surface area contributed by atoms with Crippen LogP contribution in [0.3, 0.4) is 0 Å². The first-order valence-corrected chi connectivity index (χ1v) is 10.3. The predicted octanol–water partition coefficient (Wildman–Crippen LogP) is 4.37. The minimum Gasteiger partial charge on any atom is -0.497 e. The maximum absolute atomic E-state index is 14.0. The third-order valence-electron chi connectivity index (χ3n) is 4.26. The highest BCUT2D eigenvalue weighted by Gasteiger charge is 2.21. The van der Waals surface area contributed by atoms with Crippen LogP contribution < -0.4 is 14.2 Å². The summed E-state index contributed by atoms with van der Waals surface area (Å²) in [5, 5.41) is 0.173. The lowest BCUT2D eigenvalue weighted by atomic mass is 10.2. The number of halogens is 1. The van der Waals surface area contributed by atoms with Gasteiger partial charge in [0.05, 0.1) is 12.0 Å². The van der Waals surface area contributed by atoms with Crippen LogP contribution in [0.25, 0.3) is 10.9 Å². The maximum Gasteiger partial charge on any atom is 0.262 e. The average Bonchev–Trinajstić information content (AvgIpc) is 2.76. The van der Waals surface area contributed by atoms with E-state index in [2.05, 4.69) is 14.7 Å². The molecule has 2 heterocycles. The Balaban J connectivity index is 1.68. The molecule has 152 valence electrons. The Bertz CT molecular complexity index is 1310. The number of nitrogens with zero attached hydrogens (tertiary/aromatic N) is 2. The predicted molar refractivity (Wildman–Crippen MR) is 110 cm³/mol. The number of anilines is 1. The Morgan fingerprint density at radius 1 is 0.900 bits per heavy atom. The number of methoxy groups -OCH3 is 1. The van der Waals surface area contributed by atoms with E-state index in [9.17, 15) is 12.8 Å². The fourth-order valence-corrected chi connectivity index (χ4v) is 4.11. The van der Waals surface area contributed by atoms with Gasteiger partial charge in [-0.1, -0.05) is 0 Å². The Hall–Kier alpha value is -3.72. The van der Waals surface area contributed by atoms with Crippen molar-refractivity contribution >= 4 is 26.6 Å². The van der Waals surface area contributed by atoms with Crippen LogP contribution in [0.2, 0.25) is 0 Å². The Morgan fingerprint density at radius 2 is 1.60 bits per heavy atom. The van der Waals surface area contributed by atoms with Crippen LogP contribution in [0.4, 0.5) is 10.1 Å². The first kappa shape index (κ1) is 19.6. The molecule has 0 unspecified atom stereocenters. The van der Waals surface area contributed by atoms with Crippen molar-refractivity contribution in [3.8, 4) is 17.4 Å². The van der Waals surface area contributed by atoms with Gasteiger partial charge in [0.2, 0.25) is 5.88 Å². The van der Waals surface area contributed by atoms with Crippen molar-refractivity contribution in [2.24, 2.45) is 0 Å². The Kier molecular flexibility index (Phi) is 5.20. The molecule has 2 aromatic heterocycles. The number of sulfonamides is 1. The third kappa shape index (κ3) is 3.87. The van der Waals surface area contributed by atoms with Gasteiger partial charge in [0.25, 0.3) is 10.0 Å². The van der Waals surface area contributed by atoms with Crippen LogP contribution in [0.5, 0.6) is 17.4 Å². The van der Waals surface area contributed by atoms with E-state index in [1.54, 1.807) is 43.5 Å². The highest BCUT2D eigenvalue weighted by molar-refractivity contribution is 7.93. The van der Waals surface area contributed by atoms with E-state index in [-0.39, 0.29) is 27.4 Å². The number of nitrogens with one attached hydrogen (secondary N) is 1. The summed E-state index contributed by atoms with van der Waals surface area (Å²) in [6.07, 6.45) is 2.88. The number of pyridine rings is 2. The zero-order valence-electron chi connectivity index (χ0n) is 15.7. The van der Waals surface area contributed by atoms with Crippen LogP contribution in [-0.4, -0.2) is 25.5 Å². The van der Waals surface area contributed by atoms with Crippen LogP contribution in [0.1, 0.15) is 0 Å². The molecule has 0 bridgehead atoms. The van der Waals surface area contributed by atoms with E-state index in [1.165, 1.54) is 30.6 Å². The molecule has 30 heavy (non-hydrogen) atoms. The lowest BCUT2D eigenvalue weighted by Gasteiger charge is -2.14. The first-order chi connectivity index (χ1) is 14.5. The summed E-state index contributed by atoms with van der Waals surface area (Å²) in [6.45, 7) is 0. The highest BCUT2D eigenvalue weighted by atomic mass is 32.2. The molecular weight excluding hydrogens is 409 g/mol. The van der Waals surface area contributed by atoms with Crippen molar-refractivity contribution in [3.63, 3.8) is 0 Å². The second-order valence-corrected chi connectivity index (χ2v) is 7.84. The van der Waals surface area contributed by atoms with E-state index in [1.807, 2.05) is 0 Å². The standard InChI is InChI=1S/C21H16FN3O4S/c1-28-14-6-8-15(9-7-14)29-21-18(5-3-13-24-21)25-30(26,27)19-11-10-17(22)20-16(19)4-2-12-23-20/h2-13,25H,1H3. The molecule has 0 fully saturated rings. The number of hydrogen-bond acceptors (Lipinski definition) is 6. The molecule has 4 aromatic rings. The fraction of sp³-hybridized carbons (Fsp3) is 0.0476. The molecule has 0 aliphatic heterocycles. The Morgan fingerprint density at radius 3 is 2.37 bits per heavy atom. The van der Waals surface area contributed by atoms with Crippen LogP contribution in [0, 0.1) is 5.82 Å². The van der Waals surface area contributed by atoms with E-state index in [4.69, 9.17) is 9.47 Å². The van der Waals surface area contributed by atoms with E-state index < -0.39 is 15.8 Å². The lowest BCUT2D eigenvalue weighted by Crippen LogP contribution is -2.14. The van der Waals surface area contributed by atoms with Crippen molar-refractivity contribution in [3.05, 3.63) is 78.9 Å². The summed E-state index contributed by atoms with van der Waals surface area (Å²) in [5.74, 6) is 0.567. The van der Waals surface area contributed by atoms with Crippen molar-refractivity contribution in [1.82, 2.24) is 9.97 Å². The van der Waals surface area contributed by atoms with E-state index >= 15 is 0 Å².